The van der Waals surface area contributed by atoms with Crippen molar-refractivity contribution in [2.24, 2.45) is 0 Å². The zero-order valence-electron chi connectivity index (χ0n) is 58.5. The molecule has 6 radical (unpaired) electrons. The molecule has 0 bridgehead atoms. The normalized spacial score (nSPS) is 13.4. The Hall–Kier alpha value is -2.79. The molecule has 15 rings (SSSR count). The number of fused-ring (bicyclic) bond motifs is 9. The van der Waals surface area contributed by atoms with Gasteiger partial charge in [-0.2, -0.15) is 0 Å². The number of pyridine rings is 6. The van der Waals surface area contributed by atoms with E-state index < -0.39 is 61.4 Å². The van der Waals surface area contributed by atoms with Gasteiger partial charge >= 0.3 is 187 Å². The molecule has 18 heteroatoms. The van der Waals surface area contributed by atoms with Gasteiger partial charge < -0.3 is 19.9 Å². The van der Waals surface area contributed by atoms with Crippen LogP contribution in [0.15, 0.2) is 237 Å². The third-order valence-electron chi connectivity index (χ3n) is 17.1. The predicted octanol–water partition coefficient (Wildman–Crippen LogP) is 14.2. The molecule has 0 amide bonds. The number of rotatable bonds is 6. The summed E-state index contributed by atoms with van der Waals surface area (Å²) in [5, 5.41) is 7.05. The van der Waals surface area contributed by atoms with Crippen molar-refractivity contribution in [3.05, 3.63) is 274 Å². The molecule has 12 aromatic rings. The maximum atomic E-state index is 4.52. The molecule has 6 aromatic heterocycles. The summed E-state index contributed by atoms with van der Waals surface area (Å²) in [5.74, 6) is 0. The number of hydrogen-bond donors (Lipinski definition) is 0. The van der Waals surface area contributed by atoms with Gasteiger partial charge in [0.05, 0.1) is 56.8 Å². The number of benzene rings is 6. The van der Waals surface area contributed by atoms with Crippen LogP contribution in [0.25, 0.3) is 67.5 Å². The fourth-order valence-corrected chi connectivity index (χ4v) is 31.6. The molecule has 0 atom stereocenters. The number of hydrogen-bond acceptors (Lipinski definition) is 6. The largest absolute Gasteiger partial charge is 0 e. The average Bonchev–Trinajstić information content (AvgIpc) is 1.61. The Morgan fingerprint density at radius 1 is 0.354 bits per heavy atom. The monoisotopic (exact) mass is 2620 g/mol. The van der Waals surface area contributed by atoms with Gasteiger partial charge in [0.1, 0.15) is 5.30 Å². The molecule has 6 aromatic carbocycles. The van der Waals surface area contributed by atoms with Crippen LogP contribution in [0.3, 0.4) is 0 Å². The van der Waals surface area contributed by atoms with Gasteiger partial charge in [0.15, 0.2) is 0 Å². The van der Waals surface area contributed by atoms with E-state index in [1.54, 1.807) is 3.51 Å². The molecular formula is C81H86AsIr6N6P4Sb-2. The zero-order valence-corrected chi connectivity index (χ0v) is 81.4. The fourth-order valence-electron chi connectivity index (χ4n) is 11.6. The van der Waals surface area contributed by atoms with Gasteiger partial charge in [-0.3, -0.25) is 0 Å². The summed E-state index contributed by atoms with van der Waals surface area (Å²) in [4.78, 5) is 31.7. The first-order chi connectivity index (χ1) is 44.3. The molecule has 0 saturated carbocycles. The van der Waals surface area contributed by atoms with Crippen molar-refractivity contribution in [1.82, 2.24) is 29.9 Å². The minimum atomic E-state index is -2.26. The Bertz CT molecular complexity index is 4030. The Morgan fingerprint density at radius 2 is 0.838 bits per heavy atom. The van der Waals surface area contributed by atoms with Crippen LogP contribution in [0.5, 0.6) is 0 Å². The second-order valence-electron chi connectivity index (χ2n) is 27.3. The van der Waals surface area contributed by atoms with Gasteiger partial charge in [0.2, 0.25) is 0 Å². The quantitative estimate of drug-likeness (QED) is 0.0938. The Labute approximate surface area is 681 Å². The van der Waals surface area contributed by atoms with E-state index >= 15 is 0 Å². The maximum Gasteiger partial charge on any atom is 0 e. The summed E-state index contributed by atoms with van der Waals surface area (Å²) in [5.41, 5.74) is 18.3. The first-order valence-electron chi connectivity index (χ1n) is 31.4. The Balaban J connectivity index is 0.000000249. The van der Waals surface area contributed by atoms with E-state index in [4.69, 9.17) is 0 Å². The molecule has 6 nitrogen and oxygen atoms in total. The first-order valence-corrected chi connectivity index (χ1v) is 58.3. The second kappa shape index (κ2) is 39.0. The van der Waals surface area contributed by atoms with Gasteiger partial charge in [0, 0.05) is 218 Å². The van der Waals surface area contributed by atoms with Gasteiger partial charge in [0.25, 0.3) is 0 Å². The van der Waals surface area contributed by atoms with E-state index in [2.05, 4.69) is 270 Å². The Morgan fingerprint density at radius 3 is 1.42 bits per heavy atom. The van der Waals surface area contributed by atoms with Crippen molar-refractivity contribution in [2.45, 2.75) is 21.2 Å². The summed E-state index contributed by atoms with van der Waals surface area (Å²) >= 11 is -4.28. The van der Waals surface area contributed by atoms with E-state index in [1.807, 2.05) is 128 Å². The molecule has 99 heavy (non-hydrogen) atoms. The van der Waals surface area contributed by atoms with Crippen LogP contribution >= 0.6 is 29.0 Å². The van der Waals surface area contributed by atoms with Crippen molar-refractivity contribution in [3.63, 3.8) is 0 Å². The standard InChI is InChI=1S/3C14H16NP.C13H13AsN.C13H12NP.C11H6N.2CH3.6Ir.Sb.H/c1-16(2,3)13-9-7-12(8-10-13)14-6-4-5-11-15-14;1-16(2,3)13-9-10-15-14(11-13)12-7-5-4-6-8-12;1-16(2,3)13-9-10-14(15-11-13)12-7-5-4-6-8-12;1-14(2)11-7-4-3-6-10(11)13-12(14)8-5-9-15-13;1-15(2)11-7-4-3-6-10(11)13-12(15)8-5-9-14-13;1-2-6-10(7-3-1)11-8-4-5-9-12-11;;;;;;;;;;/h3*4-7,9-11H,1-3H3;3-5,7-9,14H,1-2H3;3-5,7-9H,1-2H3;1-5,9H;2*1H3;;;;;;;;/q;;;-1;;-1;;;;;;;;;;. The molecule has 3 aliphatic heterocycles. The summed E-state index contributed by atoms with van der Waals surface area (Å²) < 4.78 is 6.07. The van der Waals surface area contributed by atoms with Crippen LogP contribution in [-0.4, -0.2) is 136 Å². The van der Waals surface area contributed by atoms with Gasteiger partial charge in [-0.05, 0) is 53.5 Å². The van der Waals surface area contributed by atoms with Crippen molar-refractivity contribution >= 4 is 104 Å². The van der Waals surface area contributed by atoms with E-state index in [1.165, 1.54) is 66.8 Å². The van der Waals surface area contributed by atoms with Crippen molar-refractivity contribution in [3.8, 4) is 67.5 Å². The van der Waals surface area contributed by atoms with Crippen LogP contribution in [-0.2, 0) is 121 Å². The predicted molar refractivity (Wildman–Crippen MR) is 418 cm³/mol. The molecule has 0 fully saturated rings. The van der Waals surface area contributed by atoms with E-state index in [9.17, 15) is 0 Å². The van der Waals surface area contributed by atoms with Crippen molar-refractivity contribution < 1.29 is 121 Å². The molecule has 0 N–H and O–H groups in total. The van der Waals surface area contributed by atoms with Crippen LogP contribution in [0, 0.1) is 36.4 Å². The summed E-state index contributed by atoms with van der Waals surface area (Å²) in [6, 6.07) is 88.5. The number of aromatic nitrogens is 6. The average molecular weight is 2620 g/mol. The molecule has 3 aliphatic rings. The minimum Gasteiger partial charge on any atom is 0 e. The van der Waals surface area contributed by atoms with Crippen molar-refractivity contribution in [1.29, 1.82) is 0 Å². The topological polar surface area (TPSA) is 77.3 Å². The van der Waals surface area contributed by atoms with E-state index in [0.29, 0.717) is 0 Å². The molecule has 526 valence electrons. The van der Waals surface area contributed by atoms with Gasteiger partial charge in [-0.25, -0.2) is 0 Å². The molecule has 0 aliphatic carbocycles. The zero-order chi connectivity index (χ0) is 66.2. The maximum absolute atomic E-state index is 4.52. The van der Waals surface area contributed by atoms with E-state index in [-0.39, 0.29) is 121 Å². The third kappa shape index (κ3) is 21.7. The summed E-state index contributed by atoms with van der Waals surface area (Å²) in [6.45, 7) is 25.5. The van der Waals surface area contributed by atoms with Crippen LogP contribution < -0.4 is 42.2 Å². The molecule has 0 spiro atoms. The summed E-state index contributed by atoms with van der Waals surface area (Å²) in [7, 11) is -4.02. The first kappa shape index (κ1) is 88.6. The van der Waals surface area contributed by atoms with Crippen molar-refractivity contribution in [2.75, 3.05) is 73.3 Å². The van der Waals surface area contributed by atoms with Gasteiger partial charge in [-0.1, -0.05) is 23.8 Å². The third-order valence-corrected chi connectivity index (χ3v) is 43.1. The molecular weight excluding hydrogens is 2530 g/mol. The Kier molecular flexibility index (Phi) is 34.9. The van der Waals surface area contributed by atoms with Crippen LogP contribution in [0.1, 0.15) is 0 Å². The number of nitrogens with zero attached hydrogens (tertiary/aromatic N) is 6. The fraction of sp³-hybridized carbons (Fsp3) is 0.185. The molecule has 0 unspecified atom stereocenters. The second-order valence-corrected chi connectivity index (χ2v) is 66.2. The smallest absolute Gasteiger partial charge is 0 e. The summed E-state index contributed by atoms with van der Waals surface area (Å²) in [6.07, 6.45) is 11.4. The minimum absolute atomic E-state index is 0. The van der Waals surface area contributed by atoms with Crippen LogP contribution in [0.4, 0.5) is 0 Å². The molecule has 0 saturated heterocycles. The SMILES string of the molecule is C[AsH]1(C)c2ccc[c-]c2-c2ncccc21.C[P+](C)(C)c1c[c-]c(-c2ccccn2)cc1.C[P+](C)(C)c1ccc(-c2[c-]cccc2)nc1.C[P+](C)(C)c1ccnc(-c2[c-]cccc2)c1.C[P+]1(C)c2ccc[c-]c2-c2ncccc21.[CH3][SbH]1([CH3])[c]2ccc[c-]c2-c2nccc[c]21.[Ir].[Ir].[Ir].[Ir].[Ir].[Ir]. The molecule has 9 heterocycles. The van der Waals surface area contributed by atoms with Gasteiger partial charge in [-0.15, -0.1) is 126 Å². The van der Waals surface area contributed by atoms with Crippen LogP contribution in [0.2, 0.25) is 21.2 Å². The van der Waals surface area contributed by atoms with E-state index in [0.717, 1.165) is 39.5 Å².